The second kappa shape index (κ2) is 8.03. The van der Waals surface area contributed by atoms with E-state index < -0.39 is 0 Å². The number of carbonyl (C=O) groups is 2. The van der Waals surface area contributed by atoms with Gasteiger partial charge >= 0.3 is 0 Å². The molecule has 0 atom stereocenters. The normalized spacial score (nSPS) is 13.6. The molecule has 0 aliphatic carbocycles. The lowest BCUT2D eigenvalue weighted by atomic mass is 10.1. The van der Waals surface area contributed by atoms with Crippen molar-refractivity contribution in [3.8, 4) is 5.75 Å². The number of halogens is 1. The number of anilines is 2. The van der Waals surface area contributed by atoms with Crippen molar-refractivity contribution in [2.45, 2.75) is 13.8 Å². The number of nitrogens with zero attached hydrogens (tertiary/aromatic N) is 1. The van der Waals surface area contributed by atoms with Gasteiger partial charge in [-0.2, -0.15) is 0 Å². The zero-order valence-corrected chi connectivity index (χ0v) is 15.2. The minimum Gasteiger partial charge on any atom is -0.481 e. The summed E-state index contributed by atoms with van der Waals surface area (Å²) >= 11 is 0. The third kappa shape index (κ3) is 4.73. The molecule has 6 heteroatoms. The van der Waals surface area contributed by atoms with E-state index >= 15 is 0 Å². The Morgan fingerprint density at radius 3 is 2.70 bits per heavy atom. The highest BCUT2D eigenvalue weighted by Gasteiger charge is 2.26. The Morgan fingerprint density at radius 2 is 2.00 bits per heavy atom. The molecule has 27 heavy (non-hydrogen) atoms. The molecule has 0 fully saturated rings. The Hall–Kier alpha value is -3.15. The summed E-state index contributed by atoms with van der Waals surface area (Å²) in [6.07, 6.45) is 2.98. The Morgan fingerprint density at radius 1 is 1.26 bits per heavy atom. The molecule has 140 valence electrons. The lowest BCUT2D eigenvalue weighted by Gasteiger charge is -2.30. The van der Waals surface area contributed by atoms with Crippen LogP contribution in [0.5, 0.6) is 5.75 Å². The number of hydrogen-bond donors (Lipinski definition) is 1. The standard InChI is InChI=1S/C21H21FN2O3/c1-14(2)12-24-18-9-8-17(11-19(18)27-13-21(24)26)23-20(25)10-5-15-3-6-16(22)7-4-15/h3-11,14H,12-13H2,1-2H3,(H,23,25)/b10-5+. The summed E-state index contributed by atoms with van der Waals surface area (Å²) < 4.78 is 18.4. The number of hydrogen-bond acceptors (Lipinski definition) is 3. The summed E-state index contributed by atoms with van der Waals surface area (Å²) in [6, 6.07) is 11.1. The Labute approximate surface area is 157 Å². The molecular formula is C21H21FN2O3. The summed E-state index contributed by atoms with van der Waals surface area (Å²) in [5, 5.41) is 2.76. The van der Waals surface area contributed by atoms with Crippen molar-refractivity contribution >= 4 is 29.3 Å². The van der Waals surface area contributed by atoms with Crippen LogP contribution in [-0.4, -0.2) is 25.0 Å². The van der Waals surface area contributed by atoms with E-state index in [1.165, 1.54) is 18.2 Å². The highest BCUT2D eigenvalue weighted by atomic mass is 19.1. The Kier molecular flexibility index (Phi) is 5.54. The summed E-state index contributed by atoms with van der Waals surface area (Å²) in [7, 11) is 0. The quantitative estimate of drug-likeness (QED) is 0.816. The fourth-order valence-electron chi connectivity index (χ4n) is 2.78. The van der Waals surface area contributed by atoms with Crippen LogP contribution in [0.3, 0.4) is 0 Å². The van der Waals surface area contributed by atoms with Crippen LogP contribution in [0, 0.1) is 11.7 Å². The van der Waals surface area contributed by atoms with Gasteiger partial charge in [-0.25, -0.2) is 4.39 Å². The number of fused-ring (bicyclic) bond motifs is 1. The molecule has 1 aliphatic heterocycles. The molecule has 5 nitrogen and oxygen atoms in total. The van der Waals surface area contributed by atoms with Gasteiger partial charge in [-0.15, -0.1) is 0 Å². The van der Waals surface area contributed by atoms with Crippen molar-refractivity contribution in [2.24, 2.45) is 5.92 Å². The van der Waals surface area contributed by atoms with Crippen molar-refractivity contribution in [2.75, 3.05) is 23.4 Å². The van der Waals surface area contributed by atoms with Crippen molar-refractivity contribution in [1.29, 1.82) is 0 Å². The van der Waals surface area contributed by atoms with E-state index in [9.17, 15) is 14.0 Å². The van der Waals surface area contributed by atoms with Crippen LogP contribution in [0.15, 0.2) is 48.5 Å². The van der Waals surface area contributed by atoms with Crippen molar-refractivity contribution in [3.63, 3.8) is 0 Å². The summed E-state index contributed by atoms with van der Waals surface area (Å²) in [5.41, 5.74) is 2.00. The predicted octanol–water partition coefficient (Wildman–Crippen LogP) is 3.86. The van der Waals surface area contributed by atoms with Gasteiger partial charge in [-0.3, -0.25) is 9.59 Å². The topological polar surface area (TPSA) is 58.6 Å². The first-order valence-electron chi connectivity index (χ1n) is 8.74. The van der Waals surface area contributed by atoms with Gasteiger partial charge in [0.25, 0.3) is 5.91 Å². The van der Waals surface area contributed by atoms with Gasteiger partial charge in [-0.05, 0) is 41.8 Å². The van der Waals surface area contributed by atoms with E-state index in [1.54, 1.807) is 41.3 Å². The van der Waals surface area contributed by atoms with Gasteiger partial charge < -0.3 is 15.0 Å². The van der Waals surface area contributed by atoms with Gasteiger partial charge in [0, 0.05) is 24.4 Å². The molecule has 1 heterocycles. The monoisotopic (exact) mass is 368 g/mol. The van der Waals surface area contributed by atoms with Gasteiger partial charge in [0.15, 0.2) is 6.61 Å². The van der Waals surface area contributed by atoms with Gasteiger partial charge in [0.05, 0.1) is 5.69 Å². The Balaban J connectivity index is 1.70. The van der Waals surface area contributed by atoms with Crippen LogP contribution >= 0.6 is 0 Å². The average molecular weight is 368 g/mol. The van der Waals surface area contributed by atoms with Crippen LogP contribution in [0.25, 0.3) is 6.08 Å². The molecule has 0 saturated heterocycles. The van der Waals surface area contributed by atoms with E-state index in [0.29, 0.717) is 29.6 Å². The largest absolute Gasteiger partial charge is 0.481 e. The van der Waals surface area contributed by atoms with E-state index in [1.807, 2.05) is 13.8 Å². The van der Waals surface area contributed by atoms with Crippen molar-refractivity contribution < 1.29 is 18.7 Å². The van der Waals surface area contributed by atoms with E-state index in [4.69, 9.17) is 4.74 Å². The molecule has 0 aromatic heterocycles. The molecule has 2 aromatic carbocycles. The predicted molar refractivity (Wildman–Crippen MR) is 103 cm³/mol. The minimum absolute atomic E-state index is 0.0123. The van der Waals surface area contributed by atoms with E-state index in [-0.39, 0.29) is 24.2 Å². The first kappa shape index (κ1) is 18.6. The number of rotatable bonds is 5. The zero-order valence-electron chi connectivity index (χ0n) is 15.2. The van der Waals surface area contributed by atoms with Crippen molar-refractivity contribution in [1.82, 2.24) is 0 Å². The van der Waals surface area contributed by atoms with Crippen LogP contribution in [0.1, 0.15) is 19.4 Å². The second-order valence-corrected chi connectivity index (χ2v) is 6.74. The molecule has 0 bridgehead atoms. The molecule has 2 amide bonds. The number of nitrogens with one attached hydrogen (secondary N) is 1. The first-order valence-corrected chi connectivity index (χ1v) is 8.74. The van der Waals surface area contributed by atoms with Gasteiger partial charge in [0.1, 0.15) is 11.6 Å². The fourth-order valence-corrected chi connectivity index (χ4v) is 2.78. The summed E-state index contributed by atoms with van der Waals surface area (Å²) in [6.45, 7) is 4.69. The van der Waals surface area contributed by atoms with Crippen LogP contribution in [0.2, 0.25) is 0 Å². The van der Waals surface area contributed by atoms with E-state index in [2.05, 4.69) is 5.32 Å². The smallest absolute Gasteiger partial charge is 0.265 e. The summed E-state index contributed by atoms with van der Waals surface area (Å²) in [4.78, 5) is 25.9. The molecule has 0 spiro atoms. The Bertz CT molecular complexity index is 875. The number of benzene rings is 2. The SMILES string of the molecule is CC(C)CN1C(=O)COc2cc(NC(=O)/C=C/c3ccc(F)cc3)ccc21. The molecule has 1 aliphatic rings. The highest BCUT2D eigenvalue weighted by Crippen LogP contribution is 2.35. The van der Waals surface area contributed by atoms with E-state index in [0.717, 1.165) is 5.56 Å². The molecular weight excluding hydrogens is 347 g/mol. The fraction of sp³-hybridized carbons (Fsp3) is 0.238. The number of amides is 2. The van der Waals surface area contributed by atoms with Crippen LogP contribution in [-0.2, 0) is 9.59 Å². The zero-order chi connectivity index (χ0) is 19.4. The van der Waals surface area contributed by atoms with Crippen LogP contribution < -0.4 is 15.0 Å². The highest BCUT2D eigenvalue weighted by molar-refractivity contribution is 6.03. The second-order valence-electron chi connectivity index (χ2n) is 6.74. The lowest BCUT2D eigenvalue weighted by molar-refractivity contribution is -0.121. The molecule has 0 saturated carbocycles. The maximum Gasteiger partial charge on any atom is 0.265 e. The van der Waals surface area contributed by atoms with Crippen LogP contribution in [0.4, 0.5) is 15.8 Å². The number of ether oxygens (including phenoxy) is 1. The average Bonchev–Trinajstić information content (AvgIpc) is 2.63. The third-order valence-corrected chi connectivity index (χ3v) is 4.02. The molecule has 2 aromatic rings. The van der Waals surface area contributed by atoms with Gasteiger partial charge in [-0.1, -0.05) is 26.0 Å². The summed E-state index contributed by atoms with van der Waals surface area (Å²) in [5.74, 6) is 0.183. The lowest BCUT2D eigenvalue weighted by Crippen LogP contribution is -2.40. The first-order chi connectivity index (χ1) is 12.9. The maximum atomic E-state index is 12.9. The molecule has 3 rings (SSSR count). The van der Waals surface area contributed by atoms with Gasteiger partial charge in [0.2, 0.25) is 5.91 Å². The maximum absolute atomic E-state index is 12.9. The molecule has 1 N–H and O–H groups in total. The molecule has 0 radical (unpaired) electrons. The minimum atomic E-state index is -0.323. The molecule has 0 unspecified atom stereocenters. The third-order valence-electron chi connectivity index (χ3n) is 4.02. The number of carbonyl (C=O) groups excluding carboxylic acids is 2. The van der Waals surface area contributed by atoms with Crippen molar-refractivity contribution in [3.05, 3.63) is 59.9 Å².